The molecule has 0 unspecified atom stereocenters. The fourth-order valence-corrected chi connectivity index (χ4v) is 2.46. The zero-order valence-electron chi connectivity index (χ0n) is 7.35. The average Bonchev–Trinajstić information content (AvgIpc) is 2.20. The van der Waals surface area contributed by atoms with Crippen LogP contribution in [-0.4, -0.2) is 33.8 Å². The molecule has 0 atom stereocenters. The Morgan fingerprint density at radius 1 is 1.31 bits per heavy atom. The Kier molecular flexibility index (Phi) is 2.59. The van der Waals surface area contributed by atoms with E-state index in [-0.39, 0.29) is 0 Å². The van der Waals surface area contributed by atoms with E-state index in [2.05, 4.69) is 9.88 Å². The summed E-state index contributed by atoms with van der Waals surface area (Å²) in [6.07, 6.45) is 1.79. The summed E-state index contributed by atoms with van der Waals surface area (Å²) in [6, 6.07) is 5.88. The summed E-state index contributed by atoms with van der Waals surface area (Å²) in [4.78, 5) is 6.44. The number of anilines is 1. The molecule has 0 spiro atoms. The molecule has 1 saturated heterocycles. The topological polar surface area (TPSA) is 33.2 Å². The molecule has 2 rings (SSSR count). The first-order valence-corrected chi connectivity index (χ1v) is 5.86. The minimum Gasteiger partial charge on any atom is -0.355 e. The molecule has 70 valence electrons. The number of nitrogens with zero attached hydrogens (tertiary/aromatic N) is 2. The number of hydrogen-bond acceptors (Lipinski definition) is 3. The van der Waals surface area contributed by atoms with Gasteiger partial charge in [-0.3, -0.25) is 4.21 Å². The Morgan fingerprint density at radius 3 is 2.69 bits per heavy atom. The van der Waals surface area contributed by atoms with E-state index < -0.39 is 10.8 Å². The second-order valence-corrected chi connectivity index (χ2v) is 4.72. The van der Waals surface area contributed by atoms with Crippen LogP contribution < -0.4 is 4.90 Å². The number of aromatic nitrogens is 1. The molecule has 0 bridgehead atoms. The highest BCUT2D eigenvalue weighted by atomic mass is 32.2. The molecule has 0 aromatic carbocycles. The summed E-state index contributed by atoms with van der Waals surface area (Å²) in [6.45, 7) is 1.73. The highest BCUT2D eigenvalue weighted by Gasteiger charge is 2.15. The summed E-state index contributed by atoms with van der Waals surface area (Å²) in [5.41, 5.74) is 0. The van der Waals surface area contributed by atoms with Gasteiger partial charge in [0.1, 0.15) is 5.82 Å². The third kappa shape index (κ3) is 2.06. The maximum atomic E-state index is 11.1. The van der Waals surface area contributed by atoms with E-state index in [1.165, 1.54) is 0 Å². The van der Waals surface area contributed by atoms with Crippen molar-refractivity contribution in [1.82, 2.24) is 4.98 Å². The van der Waals surface area contributed by atoms with Gasteiger partial charge in [-0.1, -0.05) is 6.07 Å². The van der Waals surface area contributed by atoms with Gasteiger partial charge < -0.3 is 4.90 Å². The molecular formula is C9H12N2OS. The van der Waals surface area contributed by atoms with Crippen molar-refractivity contribution in [3.05, 3.63) is 24.4 Å². The average molecular weight is 196 g/mol. The molecule has 1 aliphatic heterocycles. The normalized spacial score (nSPS) is 18.9. The molecule has 1 aromatic rings. The SMILES string of the molecule is O=S1CCN(c2ccccn2)CC1. The quantitative estimate of drug-likeness (QED) is 0.661. The lowest BCUT2D eigenvalue weighted by Gasteiger charge is -2.27. The molecule has 0 radical (unpaired) electrons. The van der Waals surface area contributed by atoms with Gasteiger partial charge in [0, 0.05) is 41.6 Å². The molecule has 3 nitrogen and oxygen atoms in total. The smallest absolute Gasteiger partial charge is 0.128 e. The summed E-state index contributed by atoms with van der Waals surface area (Å²) >= 11 is 0. The van der Waals surface area contributed by atoms with Gasteiger partial charge in [0.2, 0.25) is 0 Å². The van der Waals surface area contributed by atoms with Crippen LogP contribution in [0.25, 0.3) is 0 Å². The first-order chi connectivity index (χ1) is 6.36. The molecule has 0 saturated carbocycles. The third-order valence-electron chi connectivity index (χ3n) is 2.15. The molecular weight excluding hydrogens is 184 g/mol. The van der Waals surface area contributed by atoms with Gasteiger partial charge in [-0.25, -0.2) is 4.98 Å². The summed E-state index contributed by atoms with van der Waals surface area (Å²) < 4.78 is 11.1. The Hall–Kier alpha value is -0.900. The lowest BCUT2D eigenvalue weighted by molar-refractivity contribution is 0.672. The van der Waals surface area contributed by atoms with Crippen LogP contribution in [0.15, 0.2) is 24.4 Å². The minimum absolute atomic E-state index is 0.604. The molecule has 0 amide bonds. The number of hydrogen-bond donors (Lipinski definition) is 0. The fraction of sp³-hybridized carbons (Fsp3) is 0.444. The molecule has 4 heteroatoms. The van der Waals surface area contributed by atoms with Crippen molar-refractivity contribution in [3.63, 3.8) is 0 Å². The van der Waals surface area contributed by atoms with Crippen LogP contribution in [0.2, 0.25) is 0 Å². The van der Waals surface area contributed by atoms with Crippen LogP contribution in [-0.2, 0) is 10.8 Å². The van der Waals surface area contributed by atoms with Crippen LogP contribution in [0.1, 0.15) is 0 Å². The largest absolute Gasteiger partial charge is 0.355 e. The molecule has 0 N–H and O–H groups in total. The first kappa shape index (κ1) is 8.69. The van der Waals surface area contributed by atoms with Gasteiger partial charge >= 0.3 is 0 Å². The van der Waals surface area contributed by atoms with Crippen LogP contribution in [0.5, 0.6) is 0 Å². The minimum atomic E-state index is -0.604. The Labute approximate surface area is 80.2 Å². The van der Waals surface area contributed by atoms with E-state index in [9.17, 15) is 4.21 Å². The predicted molar refractivity (Wildman–Crippen MR) is 54.3 cm³/mol. The van der Waals surface area contributed by atoms with E-state index in [4.69, 9.17) is 0 Å². The summed E-state index contributed by atoms with van der Waals surface area (Å²) in [5.74, 6) is 2.55. The summed E-state index contributed by atoms with van der Waals surface area (Å²) in [7, 11) is -0.604. The monoisotopic (exact) mass is 196 g/mol. The molecule has 2 heterocycles. The van der Waals surface area contributed by atoms with Crippen molar-refractivity contribution >= 4 is 16.6 Å². The van der Waals surface area contributed by atoms with Crippen molar-refractivity contribution in [3.8, 4) is 0 Å². The molecule has 0 aliphatic carbocycles. The Balaban J connectivity index is 2.07. The second kappa shape index (κ2) is 3.87. The van der Waals surface area contributed by atoms with Gasteiger partial charge in [0.05, 0.1) is 0 Å². The Morgan fingerprint density at radius 2 is 2.08 bits per heavy atom. The maximum Gasteiger partial charge on any atom is 0.128 e. The van der Waals surface area contributed by atoms with Gasteiger partial charge in [-0.05, 0) is 12.1 Å². The highest BCUT2D eigenvalue weighted by molar-refractivity contribution is 7.85. The van der Waals surface area contributed by atoms with Gasteiger partial charge in [0.15, 0.2) is 0 Å². The Bertz CT molecular complexity index is 292. The number of rotatable bonds is 1. The van der Waals surface area contributed by atoms with Crippen molar-refractivity contribution in [2.45, 2.75) is 0 Å². The van der Waals surface area contributed by atoms with Crippen molar-refractivity contribution in [2.75, 3.05) is 29.5 Å². The van der Waals surface area contributed by atoms with E-state index >= 15 is 0 Å². The molecule has 13 heavy (non-hydrogen) atoms. The van der Waals surface area contributed by atoms with Gasteiger partial charge in [-0.2, -0.15) is 0 Å². The molecule has 1 aromatic heterocycles. The van der Waals surface area contributed by atoms with E-state index in [0.717, 1.165) is 30.4 Å². The third-order valence-corrected chi connectivity index (χ3v) is 3.43. The summed E-state index contributed by atoms with van der Waals surface area (Å²) in [5, 5.41) is 0. The number of pyridine rings is 1. The van der Waals surface area contributed by atoms with Crippen LogP contribution in [0.4, 0.5) is 5.82 Å². The zero-order valence-corrected chi connectivity index (χ0v) is 8.17. The van der Waals surface area contributed by atoms with E-state index in [1.807, 2.05) is 18.2 Å². The maximum absolute atomic E-state index is 11.1. The van der Waals surface area contributed by atoms with E-state index in [1.54, 1.807) is 6.20 Å². The highest BCUT2D eigenvalue weighted by Crippen LogP contribution is 2.11. The van der Waals surface area contributed by atoms with Crippen molar-refractivity contribution in [1.29, 1.82) is 0 Å². The first-order valence-electron chi connectivity index (χ1n) is 4.37. The van der Waals surface area contributed by atoms with E-state index in [0.29, 0.717) is 0 Å². The van der Waals surface area contributed by atoms with Gasteiger partial charge in [-0.15, -0.1) is 0 Å². The van der Waals surface area contributed by atoms with Crippen LogP contribution in [0, 0.1) is 0 Å². The zero-order chi connectivity index (χ0) is 9.10. The second-order valence-electron chi connectivity index (χ2n) is 3.02. The lowest BCUT2D eigenvalue weighted by Crippen LogP contribution is -2.38. The van der Waals surface area contributed by atoms with Crippen molar-refractivity contribution < 1.29 is 4.21 Å². The predicted octanol–water partition coefficient (Wildman–Crippen LogP) is 0.650. The van der Waals surface area contributed by atoms with Crippen LogP contribution in [0.3, 0.4) is 0 Å². The fourth-order valence-electron chi connectivity index (χ4n) is 1.41. The van der Waals surface area contributed by atoms with Crippen molar-refractivity contribution in [2.24, 2.45) is 0 Å². The molecule has 1 fully saturated rings. The van der Waals surface area contributed by atoms with Gasteiger partial charge in [0.25, 0.3) is 0 Å². The lowest BCUT2D eigenvalue weighted by atomic mass is 10.4. The van der Waals surface area contributed by atoms with Crippen LogP contribution >= 0.6 is 0 Å². The standard InChI is InChI=1S/C9H12N2OS/c12-13-7-5-11(6-8-13)9-3-1-2-4-10-9/h1-4H,5-8H2. The molecule has 1 aliphatic rings.